The number of rotatable bonds is 4. The fraction of sp³-hybridized carbons (Fsp3) is 0. The van der Waals surface area contributed by atoms with Crippen molar-refractivity contribution in [3.05, 3.63) is 157 Å². The van der Waals surface area contributed by atoms with E-state index in [0.717, 1.165) is 27.1 Å². The van der Waals surface area contributed by atoms with Gasteiger partial charge >= 0.3 is 0 Å². The average molecular weight is 533 g/mol. The summed E-state index contributed by atoms with van der Waals surface area (Å²) in [6, 6.07) is 26.1. The quantitative estimate of drug-likeness (QED) is 0.206. The van der Waals surface area contributed by atoms with E-state index >= 15 is 0 Å². The summed E-state index contributed by atoms with van der Waals surface area (Å²) in [6.45, 7) is 0. The van der Waals surface area contributed by atoms with Gasteiger partial charge in [0.25, 0.3) is 0 Å². The van der Waals surface area contributed by atoms with E-state index in [0.29, 0.717) is 27.8 Å². The number of para-hydroxylation sites is 2. The number of fused-ring (bicyclic) bond motifs is 3. The molecule has 0 saturated carbocycles. The molecule has 0 amide bonds. The highest BCUT2D eigenvalue weighted by Crippen LogP contribution is 2.45. The fourth-order valence-corrected chi connectivity index (χ4v) is 5.72. The van der Waals surface area contributed by atoms with Gasteiger partial charge in [0, 0.05) is 16.3 Å². The summed E-state index contributed by atoms with van der Waals surface area (Å²) >= 11 is 0. The monoisotopic (exact) mass is 532 g/mol. The second-order valence-corrected chi connectivity index (χ2v) is 9.62. The lowest BCUT2D eigenvalue weighted by Crippen LogP contribution is -2.01. The van der Waals surface area contributed by atoms with Crippen LogP contribution in [-0.4, -0.2) is 9.55 Å². The zero-order valence-corrected chi connectivity index (χ0v) is 21.6. The molecule has 0 saturated heterocycles. The molecule has 192 valence electrons. The van der Waals surface area contributed by atoms with Gasteiger partial charge in [0.2, 0.25) is 0 Å². The van der Waals surface area contributed by atoms with Crippen molar-refractivity contribution < 1.29 is 13.7 Å². The Labute approximate surface area is 252 Å². The van der Waals surface area contributed by atoms with Crippen LogP contribution in [0.1, 0.15) is 13.7 Å². The number of aromatic nitrogens is 2. The van der Waals surface area contributed by atoms with Gasteiger partial charge in [0.15, 0.2) is 0 Å². The Morgan fingerprint density at radius 1 is 0.488 bits per heavy atom. The zero-order chi connectivity index (χ0) is 35.9. The summed E-state index contributed by atoms with van der Waals surface area (Å²) < 4.78 is 87.2. The van der Waals surface area contributed by atoms with Crippen molar-refractivity contribution in [2.24, 2.45) is 0 Å². The molecular weight excluding hydrogens is 496 g/mol. The summed E-state index contributed by atoms with van der Waals surface area (Å²) in [4.78, 5) is 4.89. The van der Waals surface area contributed by atoms with Gasteiger partial charge in [-0.2, -0.15) is 0 Å². The lowest BCUT2D eigenvalue weighted by molar-refractivity contribution is 1.13. The van der Waals surface area contributed by atoms with E-state index in [1.54, 1.807) is 12.1 Å². The van der Waals surface area contributed by atoms with Gasteiger partial charge in [-0.15, -0.1) is 0 Å². The van der Waals surface area contributed by atoms with Crippen molar-refractivity contribution >= 4 is 32.6 Å². The predicted octanol–water partition coefficient (Wildman–Crippen LogP) is 10.3. The molecule has 0 radical (unpaired) electrons. The van der Waals surface area contributed by atoms with E-state index in [2.05, 4.69) is 0 Å². The summed E-state index contributed by atoms with van der Waals surface area (Å²) in [5, 5.41) is 3.10. The summed E-state index contributed by atoms with van der Waals surface area (Å²) in [7, 11) is 0. The third kappa shape index (κ3) is 3.76. The fourth-order valence-electron chi connectivity index (χ4n) is 5.72. The van der Waals surface area contributed by atoms with Crippen LogP contribution in [0.25, 0.3) is 71.9 Å². The van der Waals surface area contributed by atoms with Crippen LogP contribution in [0.15, 0.2) is 157 Å². The maximum atomic E-state index is 8.87. The predicted molar refractivity (Wildman–Crippen MR) is 172 cm³/mol. The lowest BCUT2D eigenvalue weighted by Gasteiger charge is -2.21. The van der Waals surface area contributed by atoms with Crippen molar-refractivity contribution in [2.75, 3.05) is 0 Å². The van der Waals surface area contributed by atoms with Crippen LogP contribution in [0, 0.1) is 0 Å². The lowest BCUT2D eigenvalue weighted by atomic mass is 9.86. The second kappa shape index (κ2) is 9.62. The number of benzene rings is 7. The van der Waals surface area contributed by atoms with Crippen LogP contribution in [0.3, 0.4) is 0 Å². The molecule has 2 nitrogen and oxygen atoms in total. The van der Waals surface area contributed by atoms with Gasteiger partial charge in [-0.1, -0.05) is 145 Å². The molecule has 1 aromatic heterocycles. The second-order valence-electron chi connectivity index (χ2n) is 9.62. The Morgan fingerprint density at radius 3 is 1.66 bits per heavy atom. The molecule has 0 atom stereocenters. The maximum Gasteiger partial charge on any atom is 0.145 e. The first-order valence-electron chi connectivity index (χ1n) is 18.2. The van der Waals surface area contributed by atoms with E-state index in [9.17, 15) is 0 Å². The molecule has 41 heavy (non-hydrogen) atoms. The largest absolute Gasteiger partial charge is 0.291 e. The van der Waals surface area contributed by atoms with Crippen LogP contribution in [0.4, 0.5) is 0 Å². The number of nitrogens with zero attached hydrogens (tertiary/aromatic N) is 2. The molecular formula is C39H26N2. The van der Waals surface area contributed by atoms with Crippen molar-refractivity contribution in [1.29, 1.82) is 0 Å². The summed E-state index contributed by atoms with van der Waals surface area (Å²) in [5.41, 5.74) is 3.91. The highest BCUT2D eigenvalue weighted by Gasteiger charge is 2.22. The normalized spacial score (nSPS) is 14.8. The molecule has 0 N–H and O–H groups in total. The van der Waals surface area contributed by atoms with Gasteiger partial charge in [-0.05, 0) is 45.2 Å². The van der Waals surface area contributed by atoms with Crippen LogP contribution in [0.5, 0.6) is 0 Å². The van der Waals surface area contributed by atoms with E-state index < -0.39 is 36.3 Å². The molecule has 0 aliphatic rings. The highest BCUT2D eigenvalue weighted by atomic mass is 15.1. The van der Waals surface area contributed by atoms with Gasteiger partial charge in [0.05, 0.1) is 30.4 Å². The molecule has 0 fully saturated rings. The third-order valence-corrected chi connectivity index (χ3v) is 7.38. The van der Waals surface area contributed by atoms with Crippen LogP contribution >= 0.6 is 0 Å². The van der Waals surface area contributed by atoms with Crippen LogP contribution < -0.4 is 0 Å². The molecule has 7 aromatic carbocycles. The van der Waals surface area contributed by atoms with Crippen molar-refractivity contribution in [3.8, 4) is 39.3 Å². The van der Waals surface area contributed by atoms with E-state index in [4.69, 9.17) is 18.7 Å². The first kappa shape index (κ1) is 15.4. The van der Waals surface area contributed by atoms with E-state index in [1.807, 2.05) is 89.5 Å². The molecule has 0 aliphatic carbocycles. The molecule has 0 aliphatic heterocycles. The van der Waals surface area contributed by atoms with E-state index in [1.165, 1.54) is 0 Å². The summed E-state index contributed by atoms with van der Waals surface area (Å²) in [5.74, 6) is 0.191. The highest BCUT2D eigenvalue weighted by molar-refractivity contribution is 6.20. The Balaban J connectivity index is 1.54. The Hall–Kier alpha value is -5.47. The van der Waals surface area contributed by atoms with Gasteiger partial charge in [0.1, 0.15) is 5.82 Å². The van der Waals surface area contributed by atoms with Gasteiger partial charge in [-0.3, -0.25) is 4.57 Å². The minimum Gasteiger partial charge on any atom is -0.291 e. The van der Waals surface area contributed by atoms with E-state index in [-0.39, 0.29) is 41.1 Å². The van der Waals surface area contributed by atoms with Crippen molar-refractivity contribution in [3.63, 3.8) is 0 Å². The SMILES string of the molecule is [2H]c1c([2H])c([2H])c(-c2ccccc2-c2c3ccccc3c(-n3c(-c4c([2H])c([2H])c([2H])c([2H])c4[2H])nc4ccccc43)c3ccccc23)c([2H])c1[2H]. The zero-order valence-electron chi connectivity index (χ0n) is 31.6. The summed E-state index contributed by atoms with van der Waals surface area (Å²) in [6.07, 6.45) is 0. The molecule has 8 aromatic rings. The molecule has 1 heterocycles. The maximum absolute atomic E-state index is 8.87. The average Bonchev–Trinajstić information content (AvgIpc) is 3.52. The Bertz CT molecular complexity index is 2660. The Kier molecular flexibility index (Phi) is 3.60. The third-order valence-electron chi connectivity index (χ3n) is 7.38. The molecule has 0 unspecified atom stereocenters. The first-order chi connectivity index (χ1) is 24.5. The van der Waals surface area contributed by atoms with Crippen molar-refractivity contribution in [2.45, 2.75) is 0 Å². The van der Waals surface area contributed by atoms with Crippen LogP contribution in [-0.2, 0) is 0 Å². The number of imidazole rings is 1. The molecule has 8 rings (SSSR count). The minimum atomic E-state index is -0.491. The van der Waals surface area contributed by atoms with Crippen molar-refractivity contribution in [1.82, 2.24) is 9.55 Å². The Morgan fingerprint density at radius 2 is 1.00 bits per heavy atom. The molecule has 0 bridgehead atoms. The first-order valence-corrected chi connectivity index (χ1v) is 13.2. The van der Waals surface area contributed by atoms with Gasteiger partial charge in [-0.25, -0.2) is 4.98 Å². The topological polar surface area (TPSA) is 17.8 Å². The smallest absolute Gasteiger partial charge is 0.145 e. The minimum absolute atomic E-state index is 0.0269. The number of hydrogen-bond donors (Lipinski definition) is 0. The van der Waals surface area contributed by atoms with Gasteiger partial charge < -0.3 is 0 Å². The number of hydrogen-bond acceptors (Lipinski definition) is 1. The standard InChI is InChI=1S/C39H26N2/c1-3-15-27(16-4-1)29-19-7-8-20-30(29)37-31-21-9-11-23-33(31)38(34-24-12-10-22-32(34)37)41-36-26-14-13-25-35(36)40-39(41)28-17-5-2-6-18-28/h1-26H/i1D,2D,3D,4D,5D,6D,15D,16D,17D,18D. The van der Waals surface area contributed by atoms with Crippen LogP contribution in [0.2, 0.25) is 0 Å². The molecule has 2 heteroatoms. The molecule has 0 spiro atoms.